The molecule has 0 saturated heterocycles. The SMILES string of the molecule is NC1CC(NC(=O)c2c(F)cncc2Br)C12CCC2. The zero-order valence-electron chi connectivity index (χ0n) is 10.3. The molecule has 1 aromatic heterocycles. The summed E-state index contributed by atoms with van der Waals surface area (Å²) in [6, 6.07) is 0.237. The molecule has 3 rings (SSSR count). The first-order valence-electron chi connectivity index (χ1n) is 6.40. The van der Waals surface area contributed by atoms with Crippen LogP contribution in [0.3, 0.4) is 0 Å². The van der Waals surface area contributed by atoms with E-state index < -0.39 is 11.7 Å². The zero-order valence-corrected chi connectivity index (χ0v) is 11.9. The van der Waals surface area contributed by atoms with Gasteiger partial charge in [-0.25, -0.2) is 4.39 Å². The van der Waals surface area contributed by atoms with E-state index in [-0.39, 0.29) is 23.1 Å². The Labute approximate surface area is 119 Å². The third kappa shape index (κ3) is 1.89. The number of nitrogens with one attached hydrogen (secondary N) is 1. The first-order valence-corrected chi connectivity index (χ1v) is 7.19. The van der Waals surface area contributed by atoms with Crippen LogP contribution in [-0.2, 0) is 0 Å². The van der Waals surface area contributed by atoms with Crippen molar-refractivity contribution in [2.24, 2.45) is 11.1 Å². The molecule has 2 aliphatic carbocycles. The second-order valence-electron chi connectivity index (χ2n) is 5.43. The summed E-state index contributed by atoms with van der Waals surface area (Å²) in [5.74, 6) is -1.01. The fraction of sp³-hybridized carbons (Fsp3) is 0.538. The Hall–Kier alpha value is -1.01. The number of amides is 1. The Kier molecular flexibility index (Phi) is 3.09. The second-order valence-corrected chi connectivity index (χ2v) is 6.29. The first-order chi connectivity index (χ1) is 9.04. The average molecular weight is 328 g/mol. The number of nitrogens with zero attached hydrogens (tertiary/aromatic N) is 1. The van der Waals surface area contributed by atoms with Crippen molar-refractivity contribution >= 4 is 21.8 Å². The van der Waals surface area contributed by atoms with Gasteiger partial charge < -0.3 is 11.1 Å². The van der Waals surface area contributed by atoms with Gasteiger partial charge in [0.15, 0.2) is 5.82 Å². The Morgan fingerprint density at radius 3 is 2.79 bits per heavy atom. The number of halogens is 2. The number of aromatic nitrogens is 1. The monoisotopic (exact) mass is 327 g/mol. The molecule has 4 nitrogen and oxygen atoms in total. The molecular formula is C13H15BrFN3O. The average Bonchev–Trinajstić information content (AvgIpc) is 2.25. The summed E-state index contributed by atoms with van der Waals surface area (Å²) in [5, 5.41) is 2.92. The fourth-order valence-corrected chi connectivity index (χ4v) is 3.67. The molecule has 2 saturated carbocycles. The minimum atomic E-state index is -0.613. The summed E-state index contributed by atoms with van der Waals surface area (Å²) >= 11 is 3.16. The molecule has 1 heterocycles. The van der Waals surface area contributed by atoms with Gasteiger partial charge in [0.2, 0.25) is 0 Å². The molecule has 0 aromatic carbocycles. The molecule has 19 heavy (non-hydrogen) atoms. The molecular weight excluding hydrogens is 313 g/mol. The van der Waals surface area contributed by atoms with Gasteiger partial charge in [-0.15, -0.1) is 0 Å². The van der Waals surface area contributed by atoms with Gasteiger partial charge in [-0.1, -0.05) is 6.42 Å². The highest BCUT2D eigenvalue weighted by molar-refractivity contribution is 9.10. The number of carbonyl (C=O) groups excluding carboxylic acids is 1. The van der Waals surface area contributed by atoms with Crippen LogP contribution in [-0.4, -0.2) is 23.0 Å². The van der Waals surface area contributed by atoms with Crippen molar-refractivity contribution < 1.29 is 9.18 Å². The van der Waals surface area contributed by atoms with Crippen LogP contribution in [0.25, 0.3) is 0 Å². The number of carbonyl (C=O) groups is 1. The third-order valence-electron chi connectivity index (χ3n) is 4.59. The van der Waals surface area contributed by atoms with Crippen molar-refractivity contribution in [2.45, 2.75) is 37.8 Å². The standard InChI is InChI=1S/C13H15BrFN3O/c14-7-5-17-6-8(15)11(7)12(19)18-10-4-9(16)13(10)2-1-3-13/h5-6,9-10H,1-4,16H2,(H,18,19). The third-order valence-corrected chi connectivity index (χ3v) is 5.19. The summed E-state index contributed by atoms with van der Waals surface area (Å²) in [5.41, 5.74) is 6.12. The molecule has 0 aliphatic heterocycles. The zero-order chi connectivity index (χ0) is 13.6. The molecule has 1 spiro atoms. The Bertz CT molecular complexity index is 512. The van der Waals surface area contributed by atoms with Crippen LogP contribution in [0.1, 0.15) is 36.0 Å². The Morgan fingerprint density at radius 2 is 2.26 bits per heavy atom. The van der Waals surface area contributed by atoms with E-state index in [2.05, 4.69) is 26.2 Å². The van der Waals surface area contributed by atoms with E-state index in [1.165, 1.54) is 6.20 Å². The van der Waals surface area contributed by atoms with Crippen molar-refractivity contribution in [3.8, 4) is 0 Å². The molecule has 0 radical (unpaired) electrons. The van der Waals surface area contributed by atoms with Crippen molar-refractivity contribution in [1.29, 1.82) is 0 Å². The van der Waals surface area contributed by atoms with Crippen molar-refractivity contribution in [1.82, 2.24) is 10.3 Å². The maximum atomic E-state index is 13.7. The van der Waals surface area contributed by atoms with Crippen molar-refractivity contribution in [3.05, 3.63) is 28.2 Å². The quantitative estimate of drug-likeness (QED) is 0.872. The number of hydrogen-bond donors (Lipinski definition) is 2. The largest absolute Gasteiger partial charge is 0.348 e. The topological polar surface area (TPSA) is 68.0 Å². The van der Waals surface area contributed by atoms with Gasteiger partial charge in [0.25, 0.3) is 5.91 Å². The molecule has 2 unspecified atom stereocenters. The minimum Gasteiger partial charge on any atom is -0.348 e. The van der Waals surface area contributed by atoms with E-state index in [1.54, 1.807) is 0 Å². The van der Waals surface area contributed by atoms with Crippen LogP contribution in [0, 0.1) is 11.2 Å². The highest BCUT2D eigenvalue weighted by Crippen LogP contribution is 2.55. The van der Waals surface area contributed by atoms with E-state index >= 15 is 0 Å². The molecule has 2 fully saturated rings. The van der Waals surface area contributed by atoms with Gasteiger partial charge in [0, 0.05) is 23.7 Å². The fourth-order valence-electron chi connectivity index (χ4n) is 3.19. The molecule has 2 atom stereocenters. The molecule has 1 aromatic rings. The summed E-state index contributed by atoms with van der Waals surface area (Å²) in [6.07, 6.45) is 6.51. The van der Waals surface area contributed by atoms with Crippen molar-refractivity contribution in [2.75, 3.05) is 0 Å². The lowest BCUT2D eigenvalue weighted by Gasteiger charge is -2.60. The number of hydrogen-bond acceptors (Lipinski definition) is 3. The molecule has 1 amide bonds. The summed E-state index contributed by atoms with van der Waals surface area (Å²) in [4.78, 5) is 15.9. The van der Waals surface area contributed by atoms with E-state index in [1.807, 2.05) is 0 Å². The smallest absolute Gasteiger partial charge is 0.255 e. The van der Waals surface area contributed by atoms with E-state index in [0.29, 0.717) is 4.47 Å². The Morgan fingerprint density at radius 1 is 1.53 bits per heavy atom. The van der Waals surface area contributed by atoms with Crippen LogP contribution in [0.2, 0.25) is 0 Å². The van der Waals surface area contributed by atoms with Crippen LogP contribution in [0.4, 0.5) is 4.39 Å². The van der Waals surface area contributed by atoms with Crippen LogP contribution in [0.5, 0.6) is 0 Å². The summed E-state index contributed by atoms with van der Waals surface area (Å²) < 4.78 is 14.0. The minimum absolute atomic E-state index is 0.0185. The molecule has 0 bridgehead atoms. The maximum absolute atomic E-state index is 13.7. The van der Waals surface area contributed by atoms with Gasteiger partial charge in [-0.3, -0.25) is 9.78 Å². The lowest BCUT2D eigenvalue weighted by Crippen LogP contribution is -2.69. The maximum Gasteiger partial charge on any atom is 0.255 e. The lowest BCUT2D eigenvalue weighted by molar-refractivity contribution is -0.0390. The number of rotatable bonds is 2. The van der Waals surface area contributed by atoms with Gasteiger partial charge in [-0.2, -0.15) is 0 Å². The number of pyridine rings is 1. The van der Waals surface area contributed by atoms with Crippen LogP contribution >= 0.6 is 15.9 Å². The van der Waals surface area contributed by atoms with Gasteiger partial charge in [-0.05, 0) is 35.2 Å². The lowest BCUT2D eigenvalue weighted by atomic mass is 9.50. The molecule has 3 N–H and O–H groups in total. The summed E-state index contributed by atoms with van der Waals surface area (Å²) in [7, 11) is 0. The number of nitrogens with two attached hydrogens (primary N) is 1. The van der Waals surface area contributed by atoms with E-state index in [0.717, 1.165) is 31.9 Å². The van der Waals surface area contributed by atoms with Crippen LogP contribution in [0.15, 0.2) is 16.9 Å². The molecule has 2 aliphatic rings. The normalized spacial score (nSPS) is 27.5. The highest BCUT2D eigenvalue weighted by Gasteiger charge is 2.57. The molecule has 6 heteroatoms. The van der Waals surface area contributed by atoms with Gasteiger partial charge in [0.1, 0.15) is 0 Å². The summed E-state index contributed by atoms with van der Waals surface area (Å²) in [6.45, 7) is 0. The van der Waals surface area contributed by atoms with Crippen LogP contribution < -0.4 is 11.1 Å². The van der Waals surface area contributed by atoms with Crippen molar-refractivity contribution in [3.63, 3.8) is 0 Å². The molecule has 102 valence electrons. The van der Waals surface area contributed by atoms with Gasteiger partial charge >= 0.3 is 0 Å². The predicted molar refractivity (Wildman–Crippen MR) is 72.0 cm³/mol. The van der Waals surface area contributed by atoms with E-state index in [4.69, 9.17) is 5.73 Å². The Balaban J connectivity index is 1.76. The van der Waals surface area contributed by atoms with E-state index in [9.17, 15) is 9.18 Å². The second kappa shape index (κ2) is 4.52. The highest BCUT2D eigenvalue weighted by atomic mass is 79.9. The first kappa shape index (κ1) is 13.0. The predicted octanol–water partition coefficient (Wildman–Crippen LogP) is 1.98. The van der Waals surface area contributed by atoms with Gasteiger partial charge in [0.05, 0.1) is 16.2 Å².